The maximum absolute atomic E-state index is 12.9. The van der Waals surface area contributed by atoms with Crippen LogP contribution >= 0.6 is 0 Å². The van der Waals surface area contributed by atoms with Gasteiger partial charge < -0.3 is 14.2 Å². The number of allylic oxidation sites excluding steroid dienone is 8. The quantitative estimate of drug-likeness (QED) is 0.0261. The third-order valence-electron chi connectivity index (χ3n) is 14.3. The number of ether oxygens (including phenoxy) is 3. The van der Waals surface area contributed by atoms with Crippen molar-refractivity contribution in [1.82, 2.24) is 0 Å². The zero-order valence-corrected chi connectivity index (χ0v) is 48.9. The van der Waals surface area contributed by atoms with Crippen molar-refractivity contribution in [1.29, 1.82) is 0 Å². The molecule has 0 aromatic carbocycles. The zero-order valence-electron chi connectivity index (χ0n) is 48.9. The van der Waals surface area contributed by atoms with E-state index in [4.69, 9.17) is 14.2 Å². The summed E-state index contributed by atoms with van der Waals surface area (Å²) in [4.78, 5) is 38.2. The highest BCUT2D eigenvalue weighted by Crippen LogP contribution is 2.17. The maximum atomic E-state index is 12.9. The first-order chi connectivity index (χ1) is 36.0. The number of carbonyl (C=O) groups is 3. The van der Waals surface area contributed by atoms with Crippen molar-refractivity contribution in [2.24, 2.45) is 0 Å². The first kappa shape index (κ1) is 70.4. The van der Waals surface area contributed by atoms with Crippen LogP contribution in [0.1, 0.15) is 342 Å². The van der Waals surface area contributed by atoms with Gasteiger partial charge in [-0.05, 0) is 77.0 Å². The molecule has 0 fully saturated rings. The molecule has 73 heavy (non-hydrogen) atoms. The largest absolute Gasteiger partial charge is 0.462 e. The standard InChI is InChI=1S/C67H122O6/c1-4-7-10-13-16-19-22-24-26-28-30-31-32-33-34-35-37-38-40-42-45-48-51-54-57-60-66(69)72-63-64(62-71-65(68)59-56-53-50-47-44-21-18-15-12-9-6-3)73-67(70)61-58-55-52-49-46-43-41-39-36-29-27-25-23-20-17-14-11-8-5-2/h15,18,22,24,28,30,32-33,64H,4-14,16-17,19-21,23,25-27,29,31,34-63H2,1-3H3/b18-15-,24-22-,30-28-,33-32-. The van der Waals surface area contributed by atoms with Gasteiger partial charge >= 0.3 is 17.9 Å². The van der Waals surface area contributed by atoms with Gasteiger partial charge in [0.1, 0.15) is 13.2 Å². The summed E-state index contributed by atoms with van der Waals surface area (Å²) >= 11 is 0. The fourth-order valence-corrected chi connectivity index (χ4v) is 9.43. The third kappa shape index (κ3) is 60.1. The van der Waals surface area contributed by atoms with Gasteiger partial charge in [0.15, 0.2) is 6.10 Å². The Labute approximate surface area is 454 Å². The average molecular weight is 1020 g/mol. The van der Waals surface area contributed by atoms with E-state index in [1.165, 1.54) is 225 Å². The molecule has 0 radical (unpaired) electrons. The van der Waals surface area contributed by atoms with Crippen molar-refractivity contribution in [3.05, 3.63) is 48.6 Å². The van der Waals surface area contributed by atoms with Crippen molar-refractivity contribution in [3.63, 3.8) is 0 Å². The van der Waals surface area contributed by atoms with Gasteiger partial charge in [0.05, 0.1) is 0 Å². The molecule has 0 spiro atoms. The van der Waals surface area contributed by atoms with Crippen LogP contribution in [0.5, 0.6) is 0 Å². The predicted molar refractivity (Wildman–Crippen MR) is 316 cm³/mol. The minimum atomic E-state index is -0.776. The van der Waals surface area contributed by atoms with Crippen LogP contribution in [0, 0.1) is 0 Å². The molecule has 0 aliphatic rings. The lowest BCUT2D eigenvalue weighted by Crippen LogP contribution is -2.30. The predicted octanol–water partition coefficient (Wildman–Crippen LogP) is 21.8. The van der Waals surface area contributed by atoms with Gasteiger partial charge in [-0.25, -0.2) is 0 Å². The van der Waals surface area contributed by atoms with Gasteiger partial charge in [-0.2, -0.15) is 0 Å². The molecule has 0 rings (SSSR count). The van der Waals surface area contributed by atoms with Crippen LogP contribution in [-0.2, 0) is 28.6 Å². The summed E-state index contributed by atoms with van der Waals surface area (Å²) < 4.78 is 16.9. The van der Waals surface area contributed by atoms with Gasteiger partial charge in [0.2, 0.25) is 0 Å². The van der Waals surface area contributed by atoms with Crippen molar-refractivity contribution >= 4 is 17.9 Å². The normalized spacial score (nSPS) is 12.3. The Morgan fingerprint density at radius 1 is 0.274 bits per heavy atom. The number of unbranched alkanes of at least 4 members (excludes halogenated alkanes) is 40. The Balaban J connectivity index is 4.24. The molecule has 0 aromatic rings. The summed E-state index contributed by atoms with van der Waals surface area (Å²) in [7, 11) is 0. The summed E-state index contributed by atoms with van der Waals surface area (Å²) in [6.45, 7) is 6.63. The summed E-state index contributed by atoms with van der Waals surface area (Å²) in [5.74, 6) is -0.868. The van der Waals surface area contributed by atoms with Crippen LogP contribution in [0.2, 0.25) is 0 Å². The fraction of sp³-hybridized carbons (Fsp3) is 0.836. The lowest BCUT2D eigenvalue weighted by atomic mass is 10.0. The highest BCUT2D eigenvalue weighted by molar-refractivity contribution is 5.71. The molecule has 0 aliphatic heterocycles. The van der Waals surface area contributed by atoms with E-state index in [-0.39, 0.29) is 31.1 Å². The van der Waals surface area contributed by atoms with E-state index in [0.29, 0.717) is 19.3 Å². The van der Waals surface area contributed by atoms with Crippen LogP contribution in [0.3, 0.4) is 0 Å². The molecule has 0 aromatic heterocycles. The topological polar surface area (TPSA) is 78.9 Å². The Kier molecular flexibility index (Phi) is 59.7. The molecule has 0 N–H and O–H groups in total. The lowest BCUT2D eigenvalue weighted by Gasteiger charge is -2.18. The molecular weight excluding hydrogens is 901 g/mol. The van der Waals surface area contributed by atoms with Crippen molar-refractivity contribution in [2.75, 3.05) is 13.2 Å². The summed E-state index contributed by atoms with van der Waals surface area (Å²) in [5, 5.41) is 0. The monoisotopic (exact) mass is 1020 g/mol. The second-order valence-corrected chi connectivity index (χ2v) is 21.7. The second-order valence-electron chi connectivity index (χ2n) is 21.7. The van der Waals surface area contributed by atoms with Crippen molar-refractivity contribution in [2.45, 2.75) is 348 Å². The molecule has 426 valence electrons. The summed E-state index contributed by atoms with van der Waals surface area (Å²) in [6, 6.07) is 0. The van der Waals surface area contributed by atoms with Crippen LogP contribution in [-0.4, -0.2) is 37.2 Å². The van der Waals surface area contributed by atoms with Crippen LogP contribution in [0.15, 0.2) is 48.6 Å². The zero-order chi connectivity index (χ0) is 52.9. The van der Waals surface area contributed by atoms with Crippen molar-refractivity contribution in [3.8, 4) is 0 Å². The van der Waals surface area contributed by atoms with Crippen LogP contribution in [0.4, 0.5) is 0 Å². The second kappa shape index (κ2) is 61.9. The number of esters is 3. The first-order valence-electron chi connectivity index (χ1n) is 32.1. The van der Waals surface area contributed by atoms with Gasteiger partial charge in [0, 0.05) is 19.3 Å². The first-order valence-corrected chi connectivity index (χ1v) is 32.1. The molecule has 0 amide bonds. The number of hydrogen-bond acceptors (Lipinski definition) is 6. The molecule has 0 saturated heterocycles. The van der Waals surface area contributed by atoms with Crippen LogP contribution < -0.4 is 0 Å². The Hall–Kier alpha value is -2.63. The number of hydrogen-bond donors (Lipinski definition) is 0. The smallest absolute Gasteiger partial charge is 0.306 e. The van der Waals surface area contributed by atoms with E-state index in [0.717, 1.165) is 77.0 Å². The van der Waals surface area contributed by atoms with Crippen molar-refractivity contribution < 1.29 is 28.6 Å². The van der Waals surface area contributed by atoms with Gasteiger partial charge in [-0.3, -0.25) is 14.4 Å². The van der Waals surface area contributed by atoms with E-state index in [9.17, 15) is 14.4 Å². The maximum Gasteiger partial charge on any atom is 0.306 e. The summed E-state index contributed by atoms with van der Waals surface area (Å²) in [6.07, 6.45) is 76.9. The van der Waals surface area contributed by atoms with Gasteiger partial charge in [-0.15, -0.1) is 0 Å². The van der Waals surface area contributed by atoms with E-state index in [1.54, 1.807) is 0 Å². The van der Waals surface area contributed by atoms with Gasteiger partial charge in [-0.1, -0.05) is 294 Å². The molecule has 0 heterocycles. The SMILES string of the molecule is CCCC/C=C\CCCCCCCC(=O)OCC(COC(=O)CCCCCCCCCCCC/C=C\C/C=C\C/C=C\CCCCCCC)OC(=O)CCCCCCCCCCCCCCCCCCCCC. The molecule has 0 bridgehead atoms. The van der Waals surface area contributed by atoms with E-state index in [1.807, 2.05) is 0 Å². The van der Waals surface area contributed by atoms with Gasteiger partial charge in [0.25, 0.3) is 0 Å². The lowest BCUT2D eigenvalue weighted by molar-refractivity contribution is -0.167. The number of carbonyl (C=O) groups excluding carboxylic acids is 3. The van der Waals surface area contributed by atoms with Crippen LogP contribution in [0.25, 0.3) is 0 Å². The Morgan fingerprint density at radius 3 is 0.822 bits per heavy atom. The third-order valence-corrected chi connectivity index (χ3v) is 14.3. The molecule has 1 unspecified atom stereocenters. The Morgan fingerprint density at radius 2 is 0.507 bits per heavy atom. The average Bonchev–Trinajstić information content (AvgIpc) is 3.39. The molecular formula is C67H122O6. The molecule has 0 saturated carbocycles. The fourth-order valence-electron chi connectivity index (χ4n) is 9.43. The summed E-state index contributed by atoms with van der Waals surface area (Å²) in [5.41, 5.74) is 0. The van der Waals surface area contributed by atoms with E-state index >= 15 is 0 Å². The highest BCUT2D eigenvalue weighted by atomic mass is 16.6. The van der Waals surface area contributed by atoms with E-state index in [2.05, 4.69) is 69.4 Å². The Bertz CT molecular complexity index is 1270. The highest BCUT2D eigenvalue weighted by Gasteiger charge is 2.19. The molecule has 1 atom stereocenters. The molecule has 6 nitrogen and oxygen atoms in total. The molecule has 6 heteroatoms. The minimum absolute atomic E-state index is 0.0744. The van der Waals surface area contributed by atoms with E-state index < -0.39 is 6.10 Å². The number of rotatable bonds is 59. The minimum Gasteiger partial charge on any atom is -0.462 e. The molecule has 0 aliphatic carbocycles.